The third-order valence-electron chi connectivity index (χ3n) is 1.90. The normalized spacial score (nSPS) is 13.6. The van der Waals surface area contributed by atoms with Gasteiger partial charge in [0, 0.05) is 9.70 Å². The summed E-state index contributed by atoms with van der Waals surface area (Å²) < 4.78 is 1.22. The van der Waals surface area contributed by atoms with Crippen molar-refractivity contribution in [2.24, 2.45) is 5.92 Å². The second-order valence-corrected chi connectivity index (χ2v) is 7.18. The van der Waals surface area contributed by atoms with Gasteiger partial charge in [-0.2, -0.15) is 0 Å². The zero-order valence-corrected chi connectivity index (χ0v) is 11.9. The lowest BCUT2D eigenvalue weighted by Gasteiger charge is -2.08. The molecule has 0 nitrogen and oxygen atoms in total. The molecule has 0 aliphatic rings. The Labute approximate surface area is 101 Å². The minimum atomic E-state index is 0.534. The van der Waals surface area contributed by atoms with Crippen molar-refractivity contribution in [3.8, 4) is 0 Å². The first-order valence-electron chi connectivity index (χ1n) is 4.49. The second kappa shape index (κ2) is 5.52. The Morgan fingerprint density at radius 1 is 1.31 bits per heavy atom. The molecule has 0 saturated heterocycles. The molecular weight excluding hydrogens is 312 g/mol. The molecule has 1 heterocycles. The van der Waals surface area contributed by atoms with E-state index in [0.717, 1.165) is 5.92 Å². The lowest BCUT2D eigenvalue weighted by molar-refractivity contribution is 0.556. The number of alkyl halides is 1. The third-order valence-corrected chi connectivity index (χ3v) is 4.89. The highest BCUT2D eigenvalue weighted by molar-refractivity contribution is 9.11. The molecule has 0 radical (unpaired) electrons. The van der Waals surface area contributed by atoms with Gasteiger partial charge in [0.15, 0.2) is 0 Å². The summed E-state index contributed by atoms with van der Waals surface area (Å²) in [6, 6.07) is 4.30. The summed E-state index contributed by atoms with van der Waals surface area (Å²) in [5, 5.41) is 0. The van der Waals surface area contributed by atoms with Crippen molar-refractivity contribution >= 4 is 43.2 Å². The lowest BCUT2D eigenvalue weighted by Crippen LogP contribution is -1.91. The van der Waals surface area contributed by atoms with Gasteiger partial charge in [-0.05, 0) is 46.8 Å². The van der Waals surface area contributed by atoms with Gasteiger partial charge in [-0.3, -0.25) is 0 Å². The van der Waals surface area contributed by atoms with Crippen LogP contribution in [0.3, 0.4) is 0 Å². The van der Waals surface area contributed by atoms with E-state index in [9.17, 15) is 0 Å². The first kappa shape index (κ1) is 11.7. The van der Waals surface area contributed by atoms with E-state index in [4.69, 9.17) is 0 Å². The molecule has 0 N–H and O–H groups in total. The molecule has 0 saturated carbocycles. The highest BCUT2D eigenvalue weighted by Gasteiger charge is 2.10. The molecule has 1 rings (SSSR count). The monoisotopic (exact) mass is 324 g/mol. The highest BCUT2D eigenvalue weighted by Crippen LogP contribution is 2.35. The van der Waals surface area contributed by atoms with E-state index in [1.54, 1.807) is 0 Å². The first-order valence-corrected chi connectivity index (χ1v) is 7.01. The Morgan fingerprint density at radius 2 is 2.00 bits per heavy atom. The van der Waals surface area contributed by atoms with E-state index in [1.165, 1.54) is 21.5 Å². The molecule has 0 spiro atoms. The Bertz CT molecular complexity index is 255. The van der Waals surface area contributed by atoms with Crippen LogP contribution in [-0.2, 0) is 0 Å². The zero-order valence-electron chi connectivity index (χ0n) is 7.89. The fourth-order valence-electron chi connectivity index (χ4n) is 1.12. The first-order chi connectivity index (χ1) is 6.09. The molecule has 74 valence electrons. The standard InChI is InChI=1S/C10H14Br2S/c1-7(2)3-4-8(11)9-5-6-10(12)13-9/h5-8H,3-4H2,1-2H3. The van der Waals surface area contributed by atoms with Crippen LogP contribution in [0.1, 0.15) is 36.4 Å². The van der Waals surface area contributed by atoms with Crippen molar-refractivity contribution in [1.82, 2.24) is 0 Å². The maximum atomic E-state index is 3.72. The largest absolute Gasteiger partial charge is 0.132 e. The van der Waals surface area contributed by atoms with Crippen molar-refractivity contribution in [2.75, 3.05) is 0 Å². The van der Waals surface area contributed by atoms with E-state index in [0.29, 0.717) is 4.83 Å². The zero-order chi connectivity index (χ0) is 9.84. The van der Waals surface area contributed by atoms with Gasteiger partial charge in [0.25, 0.3) is 0 Å². The van der Waals surface area contributed by atoms with Crippen LogP contribution < -0.4 is 0 Å². The van der Waals surface area contributed by atoms with Gasteiger partial charge < -0.3 is 0 Å². The molecule has 13 heavy (non-hydrogen) atoms. The van der Waals surface area contributed by atoms with Gasteiger partial charge in [0.1, 0.15) is 0 Å². The van der Waals surface area contributed by atoms with Gasteiger partial charge in [0.05, 0.1) is 3.79 Å². The van der Waals surface area contributed by atoms with Crippen molar-refractivity contribution < 1.29 is 0 Å². The fraction of sp³-hybridized carbons (Fsp3) is 0.600. The molecule has 0 fully saturated rings. The van der Waals surface area contributed by atoms with Crippen LogP contribution in [-0.4, -0.2) is 0 Å². The minimum absolute atomic E-state index is 0.534. The van der Waals surface area contributed by atoms with Gasteiger partial charge in [-0.15, -0.1) is 11.3 Å². The maximum Gasteiger partial charge on any atom is 0.0701 e. The molecule has 3 heteroatoms. The summed E-state index contributed by atoms with van der Waals surface area (Å²) >= 11 is 9.01. The number of hydrogen-bond acceptors (Lipinski definition) is 1. The summed E-state index contributed by atoms with van der Waals surface area (Å²) in [6.07, 6.45) is 2.51. The minimum Gasteiger partial charge on any atom is -0.132 e. The summed E-state index contributed by atoms with van der Waals surface area (Å²) in [5.74, 6) is 0.795. The van der Waals surface area contributed by atoms with E-state index in [-0.39, 0.29) is 0 Å². The summed E-state index contributed by atoms with van der Waals surface area (Å²) in [4.78, 5) is 1.96. The van der Waals surface area contributed by atoms with Crippen molar-refractivity contribution in [1.29, 1.82) is 0 Å². The number of hydrogen-bond donors (Lipinski definition) is 0. The average Bonchev–Trinajstić information content (AvgIpc) is 2.47. The molecule has 1 aromatic heterocycles. The van der Waals surface area contributed by atoms with E-state index in [2.05, 4.69) is 57.8 Å². The van der Waals surface area contributed by atoms with Gasteiger partial charge >= 0.3 is 0 Å². The van der Waals surface area contributed by atoms with Gasteiger partial charge in [0.2, 0.25) is 0 Å². The van der Waals surface area contributed by atoms with Gasteiger partial charge in [-0.1, -0.05) is 29.8 Å². The molecule has 1 atom stereocenters. The SMILES string of the molecule is CC(C)CCC(Br)c1ccc(Br)s1. The van der Waals surface area contributed by atoms with E-state index >= 15 is 0 Å². The fourth-order valence-corrected chi connectivity index (χ4v) is 3.25. The molecular formula is C10H14Br2S. The average molecular weight is 326 g/mol. The highest BCUT2D eigenvalue weighted by atomic mass is 79.9. The predicted octanol–water partition coefficient (Wildman–Crippen LogP) is 5.38. The van der Waals surface area contributed by atoms with Crippen LogP contribution >= 0.6 is 43.2 Å². The summed E-state index contributed by atoms with van der Waals surface area (Å²) in [7, 11) is 0. The predicted molar refractivity (Wildman–Crippen MR) is 67.8 cm³/mol. The van der Waals surface area contributed by atoms with Crippen molar-refractivity contribution in [3.05, 3.63) is 20.8 Å². The third kappa shape index (κ3) is 4.13. The summed E-state index contributed by atoms with van der Waals surface area (Å²) in [6.45, 7) is 4.54. The van der Waals surface area contributed by atoms with Crippen LogP contribution in [0.2, 0.25) is 0 Å². The summed E-state index contributed by atoms with van der Waals surface area (Å²) in [5.41, 5.74) is 0. The molecule has 0 aliphatic heterocycles. The van der Waals surface area contributed by atoms with Crippen LogP contribution in [0.25, 0.3) is 0 Å². The Morgan fingerprint density at radius 3 is 2.46 bits per heavy atom. The molecule has 0 aliphatic carbocycles. The molecule has 0 amide bonds. The van der Waals surface area contributed by atoms with Crippen LogP contribution in [0.5, 0.6) is 0 Å². The second-order valence-electron chi connectivity index (χ2n) is 3.58. The Balaban J connectivity index is 2.44. The Kier molecular flexibility index (Phi) is 4.98. The molecule has 1 unspecified atom stereocenters. The van der Waals surface area contributed by atoms with E-state index in [1.807, 2.05) is 11.3 Å². The van der Waals surface area contributed by atoms with Crippen molar-refractivity contribution in [2.45, 2.75) is 31.5 Å². The number of rotatable bonds is 4. The van der Waals surface area contributed by atoms with E-state index < -0.39 is 0 Å². The van der Waals surface area contributed by atoms with Crippen LogP contribution in [0.15, 0.2) is 15.9 Å². The molecule has 1 aromatic rings. The maximum absolute atomic E-state index is 3.72. The molecule has 0 bridgehead atoms. The number of halogens is 2. The lowest BCUT2D eigenvalue weighted by atomic mass is 10.1. The Hall–Kier alpha value is 0.660. The van der Waals surface area contributed by atoms with Crippen LogP contribution in [0.4, 0.5) is 0 Å². The quantitative estimate of drug-likeness (QED) is 0.652. The van der Waals surface area contributed by atoms with Crippen LogP contribution in [0, 0.1) is 5.92 Å². The molecule has 0 aromatic carbocycles. The number of thiophene rings is 1. The van der Waals surface area contributed by atoms with Gasteiger partial charge in [-0.25, -0.2) is 0 Å². The van der Waals surface area contributed by atoms with Crippen molar-refractivity contribution in [3.63, 3.8) is 0 Å². The smallest absolute Gasteiger partial charge is 0.0701 e. The topological polar surface area (TPSA) is 0 Å².